The molecule has 8 aliphatic rings. The molecule has 0 aliphatic carbocycles. The molecule has 0 unspecified atom stereocenters. The smallest absolute Gasteiger partial charge is 0.330 e. The van der Waals surface area contributed by atoms with Gasteiger partial charge in [0.1, 0.15) is 46.5 Å². The number of amides is 14. The number of nitrogens with zero attached hydrogens (tertiary/aromatic N) is 22. The summed E-state index contributed by atoms with van der Waals surface area (Å²) in [6.45, 7) is 23.2. The Hall–Kier alpha value is -12.0. The third kappa shape index (κ3) is 20.1. The molecule has 118 heavy (non-hydrogen) atoms. The number of hydrogen-bond donors (Lipinski definition) is 8. The van der Waals surface area contributed by atoms with Crippen molar-refractivity contribution in [2.75, 3.05) is 106 Å². The topological polar surface area (TPSA) is 495 Å². The van der Waals surface area contributed by atoms with Crippen LogP contribution < -0.4 is 62.1 Å². The van der Waals surface area contributed by atoms with Crippen molar-refractivity contribution in [1.29, 1.82) is 10.5 Å². The molecule has 8 aromatic heterocycles. The normalized spacial score (nSPS) is 18.6. The summed E-state index contributed by atoms with van der Waals surface area (Å²) in [5.74, 6) is 1.28. The number of thiazole rings is 4. The first kappa shape index (κ1) is 83.9. The average Bonchev–Trinajstić information content (AvgIpc) is 1.61. The summed E-state index contributed by atoms with van der Waals surface area (Å²) in [5, 5.41) is 42.9. The van der Waals surface area contributed by atoms with Gasteiger partial charge in [-0.3, -0.25) is 58.2 Å². The second-order valence-electron chi connectivity index (χ2n) is 29.9. The fraction of sp³-hybridized carbons (Fsp3) is 0.459. The highest BCUT2D eigenvalue weighted by molar-refractivity contribution is 7.16. The number of nitriles is 2. The maximum Gasteiger partial charge on any atom is 0.332 e. The zero-order chi connectivity index (χ0) is 83.8. The molecule has 14 amide bonds. The molecule has 8 aromatic rings. The molecule has 8 fully saturated rings. The van der Waals surface area contributed by atoms with E-state index in [1.165, 1.54) is 97.8 Å². The molecule has 616 valence electrons. The van der Waals surface area contributed by atoms with Crippen LogP contribution in [0.3, 0.4) is 0 Å². The number of imide groups is 2. The Morgan fingerprint density at radius 1 is 0.398 bits per heavy atom. The minimum Gasteiger partial charge on any atom is -0.330 e. The van der Waals surface area contributed by atoms with Crippen molar-refractivity contribution in [3.05, 3.63) is 115 Å². The first-order valence-electron chi connectivity index (χ1n) is 37.8. The van der Waals surface area contributed by atoms with Gasteiger partial charge in [0, 0.05) is 174 Å². The standard InChI is InChI=1S/C19H23N7O3S.C19H25N7O2S.C18H18N8O3S.C18H20N8O2S/c1-11-8-15(22-12(2)21-11)26-16(28)19(24-18(26)29)4-6-25(7-5-19)10-14-9-20-17(30-14)23-13(3)27;1-12-8-16(22-13(2)21-12)26-11-19(24-18(26)28)4-6-25(7-5-19)10-15-9-20-17(29-15)23-14(3)27;1-11(27)23-16-22-9-13(30-16)10-25-4-2-18(3-5-25)14(28)26(17(29)24-18)15-20-7-12(6-19)8-21-15;1-12(27)23-16-22-9-14(29-16)10-25-4-2-18(3-5-25)11-26(17(28)24-18)15-20-7-13(6-19)8-21-15/h8-9H,4-7,10H2,1-3H3,(H,24,29)(H,20,23,27);8-9H,4-7,10-11H2,1-3H3,(H,24,28)(H,20,23,27);7-9H,2-5,10H2,1H3,(H,24,29)(H,22,23,27);7-9H,2-5,10-11H2,1H3,(H,24,28)(H,22,23,27). The average molecular weight is 1680 g/mol. The van der Waals surface area contributed by atoms with Gasteiger partial charge in [-0.25, -0.2) is 83.9 Å². The highest BCUT2D eigenvalue weighted by Crippen LogP contribution is 2.38. The van der Waals surface area contributed by atoms with Gasteiger partial charge >= 0.3 is 24.1 Å². The molecule has 0 aromatic carbocycles. The van der Waals surface area contributed by atoms with E-state index in [2.05, 4.69) is 122 Å². The monoisotopic (exact) mass is 1680 g/mol. The summed E-state index contributed by atoms with van der Waals surface area (Å²) in [6.07, 6.45) is 17.9. The maximum absolute atomic E-state index is 13.2. The quantitative estimate of drug-likeness (QED) is 0.0525. The highest BCUT2D eigenvalue weighted by Gasteiger charge is 2.56. The molecule has 0 radical (unpaired) electrons. The van der Waals surface area contributed by atoms with Crippen LogP contribution in [-0.2, 0) is 54.9 Å². The van der Waals surface area contributed by atoms with Crippen molar-refractivity contribution in [3.8, 4) is 12.1 Å². The molecule has 40 nitrogen and oxygen atoms in total. The zero-order valence-corrected chi connectivity index (χ0v) is 69.2. The highest BCUT2D eigenvalue weighted by atomic mass is 32.1. The number of carbonyl (C=O) groups excluding carboxylic acids is 10. The molecule has 4 spiro atoms. The summed E-state index contributed by atoms with van der Waals surface area (Å²) in [6, 6.07) is 6.10. The van der Waals surface area contributed by atoms with Gasteiger partial charge in [-0.1, -0.05) is 0 Å². The summed E-state index contributed by atoms with van der Waals surface area (Å²) >= 11 is 5.83. The van der Waals surface area contributed by atoms with Gasteiger partial charge in [0.15, 0.2) is 20.5 Å². The predicted octanol–water partition coefficient (Wildman–Crippen LogP) is 5.85. The Labute approximate surface area is 693 Å². The lowest BCUT2D eigenvalue weighted by molar-refractivity contribution is -0.124. The largest absolute Gasteiger partial charge is 0.332 e. The van der Waals surface area contributed by atoms with E-state index in [0.29, 0.717) is 139 Å². The lowest BCUT2D eigenvalue weighted by Crippen LogP contribution is -2.54. The lowest BCUT2D eigenvalue weighted by Gasteiger charge is -2.38. The number of aromatic nitrogens is 12. The van der Waals surface area contributed by atoms with E-state index in [4.69, 9.17) is 10.5 Å². The van der Waals surface area contributed by atoms with Gasteiger partial charge in [0.2, 0.25) is 35.5 Å². The molecule has 16 heterocycles. The van der Waals surface area contributed by atoms with Crippen LogP contribution in [-0.4, -0.2) is 227 Å². The van der Waals surface area contributed by atoms with E-state index < -0.39 is 23.1 Å². The molecule has 8 aliphatic heterocycles. The molecule has 8 saturated heterocycles. The second kappa shape index (κ2) is 35.8. The number of aryl methyl sites for hydroxylation is 4. The molecule has 44 heteroatoms. The second-order valence-corrected chi connectivity index (χ2v) is 34.3. The summed E-state index contributed by atoms with van der Waals surface area (Å²) in [5.41, 5.74) is -0.194. The van der Waals surface area contributed by atoms with Gasteiger partial charge in [-0.05, 0) is 79.1 Å². The van der Waals surface area contributed by atoms with Crippen LogP contribution in [0, 0.1) is 50.4 Å². The number of anilines is 8. The Balaban J connectivity index is 0.000000136. The lowest BCUT2D eigenvalue weighted by atomic mass is 9.87. The predicted molar refractivity (Wildman–Crippen MR) is 435 cm³/mol. The Kier molecular flexibility index (Phi) is 25.5. The molecule has 8 N–H and O–H groups in total. The third-order valence-electron chi connectivity index (χ3n) is 20.8. The van der Waals surface area contributed by atoms with Gasteiger partial charge < -0.3 is 42.5 Å². The Morgan fingerprint density at radius 2 is 0.712 bits per heavy atom. The zero-order valence-electron chi connectivity index (χ0n) is 65.9. The maximum atomic E-state index is 13.2. The van der Waals surface area contributed by atoms with Crippen LogP contribution in [0.25, 0.3) is 0 Å². The minimum atomic E-state index is -0.972. The van der Waals surface area contributed by atoms with E-state index in [-0.39, 0.29) is 70.1 Å². The fourth-order valence-corrected chi connectivity index (χ4v) is 18.6. The Bertz CT molecular complexity index is 5180. The molecule has 0 atom stereocenters. The molecular weight excluding hydrogens is 1600 g/mol. The van der Waals surface area contributed by atoms with Crippen LogP contribution in [0.4, 0.5) is 63.2 Å². The van der Waals surface area contributed by atoms with E-state index in [0.717, 1.165) is 100.0 Å². The van der Waals surface area contributed by atoms with Crippen molar-refractivity contribution < 1.29 is 47.9 Å². The van der Waals surface area contributed by atoms with Crippen LogP contribution in [0.15, 0.2) is 61.7 Å². The van der Waals surface area contributed by atoms with Crippen molar-refractivity contribution in [2.24, 2.45) is 0 Å². The van der Waals surface area contributed by atoms with Crippen molar-refractivity contribution >= 4 is 149 Å². The van der Waals surface area contributed by atoms with Crippen LogP contribution >= 0.6 is 45.3 Å². The van der Waals surface area contributed by atoms with Crippen LogP contribution in [0.2, 0.25) is 0 Å². The van der Waals surface area contributed by atoms with Crippen molar-refractivity contribution in [3.63, 3.8) is 0 Å². The minimum absolute atomic E-state index is 0.0361. The SMILES string of the molecule is CC(=O)Nc1ncc(CN2CCC3(CC2)CN(c2cc(C)nc(C)n2)C(=O)N3)s1.CC(=O)Nc1ncc(CN2CCC3(CC2)CN(c2ncc(C#N)cn2)C(=O)N3)s1.CC(=O)Nc1ncc(CN2CCC3(CC2)NC(=O)N(c2cc(C)nc(C)n2)C3=O)s1.CC(=O)Nc1ncc(CN2CCC3(CC2)NC(=O)N(c2ncc(C#N)cn2)C3=O)s1. The number of urea groups is 4. The number of hydrogen-bond acceptors (Lipinski definition) is 32. The number of piperidine rings is 4. The van der Waals surface area contributed by atoms with E-state index in [9.17, 15) is 47.9 Å². The van der Waals surface area contributed by atoms with Gasteiger partial charge in [0.05, 0.1) is 60.1 Å². The number of likely N-dealkylation sites (tertiary alicyclic amines) is 4. The van der Waals surface area contributed by atoms with E-state index in [1.54, 1.807) is 41.4 Å². The first-order valence-corrected chi connectivity index (χ1v) is 41.1. The summed E-state index contributed by atoms with van der Waals surface area (Å²) in [4.78, 5) is 190. The Morgan fingerprint density at radius 3 is 1.07 bits per heavy atom. The van der Waals surface area contributed by atoms with Gasteiger partial charge in [-0.2, -0.15) is 15.4 Å². The number of carbonyl (C=O) groups is 10. The summed E-state index contributed by atoms with van der Waals surface area (Å²) in [7, 11) is 0. The fourth-order valence-electron chi connectivity index (χ4n) is 15.0. The molecular formula is C74H86N30O10S4. The van der Waals surface area contributed by atoms with Gasteiger partial charge in [0.25, 0.3) is 11.8 Å². The van der Waals surface area contributed by atoms with Crippen LogP contribution in [0.5, 0.6) is 0 Å². The number of rotatable bonds is 16. The van der Waals surface area contributed by atoms with Gasteiger partial charge in [-0.15, -0.1) is 45.3 Å². The van der Waals surface area contributed by atoms with Crippen LogP contribution in [0.1, 0.15) is 133 Å². The van der Waals surface area contributed by atoms with E-state index in [1.807, 2.05) is 45.2 Å². The van der Waals surface area contributed by atoms with E-state index >= 15 is 0 Å². The summed E-state index contributed by atoms with van der Waals surface area (Å²) < 4.78 is 0. The van der Waals surface area contributed by atoms with Crippen molar-refractivity contribution in [1.82, 2.24) is 101 Å². The number of nitrogens with one attached hydrogen (secondary N) is 8. The molecule has 0 saturated carbocycles. The molecule has 0 bridgehead atoms. The third-order valence-corrected chi connectivity index (χ3v) is 24.4. The first-order chi connectivity index (χ1) is 56.4. The molecule has 16 rings (SSSR count). The van der Waals surface area contributed by atoms with Crippen molar-refractivity contribution in [2.45, 2.75) is 155 Å².